The number of rotatable bonds is 4. The molecule has 0 aliphatic rings. The molecule has 0 saturated heterocycles. The molecule has 0 atom stereocenters. The Morgan fingerprint density at radius 1 is 1.43 bits per heavy atom. The van der Waals surface area contributed by atoms with E-state index in [9.17, 15) is 4.79 Å². The van der Waals surface area contributed by atoms with E-state index < -0.39 is 0 Å². The number of esters is 1. The first-order valence-electron chi connectivity index (χ1n) is 4.22. The monoisotopic (exact) mass is 195 g/mol. The van der Waals surface area contributed by atoms with Gasteiger partial charge in [-0.15, -0.1) is 0 Å². The summed E-state index contributed by atoms with van der Waals surface area (Å²) >= 11 is 0. The zero-order chi connectivity index (χ0) is 10.4. The third kappa shape index (κ3) is 3.16. The van der Waals surface area contributed by atoms with Gasteiger partial charge in [0.25, 0.3) is 0 Å². The maximum absolute atomic E-state index is 11.0. The van der Waals surface area contributed by atoms with Crippen molar-refractivity contribution in [2.24, 2.45) is 5.90 Å². The normalized spacial score (nSPS) is 9.86. The molecule has 0 radical (unpaired) electrons. The van der Waals surface area contributed by atoms with Crippen LogP contribution in [0.15, 0.2) is 24.3 Å². The van der Waals surface area contributed by atoms with Crippen molar-refractivity contribution in [3.63, 3.8) is 0 Å². The second-order valence-electron chi connectivity index (χ2n) is 2.88. The number of hydrogen-bond acceptors (Lipinski definition) is 4. The molecule has 0 fully saturated rings. The fourth-order valence-electron chi connectivity index (χ4n) is 1.16. The minimum Gasteiger partial charge on any atom is -0.469 e. The van der Waals surface area contributed by atoms with Crippen LogP contribution in [0.25, 0.3) is 0 Å². The molecule has 14 heavy (non-hydrogen) atoms. The van der Waals surface area contributed by atoms with E-state index in [0.717, 1.165) is 11.1 Å². The van der Waals surface area contributed by atoms with E-state index in [1.165, 1.54) is 7.11 Å². The average Bonchev–Trinajstić information content (AvgIpc) is 2.19. The van der Waals surface area contributed by atoms with Crippen LogP contribution in [0.3, 0.4) is 0 Å². The minimum atomic E-state index is -0.254. The molecule has 0 spiro atoms. The molecule has 0 bridgehead atoms. The number of carbonyl (C=O) groups excluding carboxylic acids is 1. The van der Waals surface area contributed by atoms with Crippen LogP contribution < -0.4 is 5.90 Å². The Balaban J connectivity index is 2.68. The quantitative estimate of drug-likeness (QED) is 0.570. The van der Waals surface area contributed by atoms with Crippen LogP contribution in [0.4, 0.5) is 0 Å². The summed E-state index contributed by atoms with van der Waals surface area (Å²) in [5.74, 6) is 4.69. The summed E-state index contributed by atoms with van der Waals surface area (Å²) in [5, 5.41) is 0. The van der Waals surface area contributed by atoms with E-state index in [1.54, 1.807) is 0 Å². The van der Waals surface area contributed by atoms with Gasteiger partial charge in [-0.2, -0.15) is 0 Å². The van der Waals surface area contributed by atoms with Crippen molar-refractivity contribution in [1.29, 1.82) is 0 Å². The third-order valence-corrected chi connectivity index (χ3v) is 1.82. The molecule has 4 heteroatoms. The number of carbonyl (C=O) groups is 1. The zero-order valence-electron chi connectivity index (χ0n) is 8.03. The smallest absolute Gasteiger partial charge is 0.309 e. The number of nitrogens with two attached hydrogens (primary N) is 1. The summed E-state index contributed by atoms with van der Waals surface area (Å²) in [6.45, 7) is 0.342. The van der Waals surface area contributed by atoms with Crippen LogP contribution in [-0.4, -0.2) is 13.1 Å². The van der Waals surface area contributed by atoms with Crippen molar-refractivity contribution in [2.45, 2.75) is 13.0 Å². The van der Waals surface area contributed by atoms with Crippen LogP contribution in [0.1, 0.15) is 11.1 Å². The molecule has 0 aromatic heterocycles. The maximum atomic E-state index is 11.0. The van der Waals surface area contributed by atoms with Gasteiger partial charge in [0.2, 0.25) is 0 Å². The summed E-state index contributed by atoms with van der Waals surface area (Å²) < 4.78 is 4.56. The van der Waals surface area contributed by atoms with Gasteiger partial charge in [0.1, 0.15) is 0 Å². The predicted octanol–water partition coefficient (Wildman–Crippen LogP) is 0.792. The summed E-state index contributed by atoms with van der Waals surface area (Å²) in [6, 6.07) is 7.46. The number of hydrogen-bond donors (Lipinski definition) is 1. The first-order valence-corrected chi connectivity index (χ1v) is 4.22. The molecule has 0 unspecified atom stereocenters. The van der Waals surface area contributed by atoms with Gasteiger partial charge in [0, 0.05) is 0 Å². The lowest BCUT2D eigenvalue weighted by atomic mass is 10.1. The maximum Gasteiger partial charge on any atom is 0.309 e. The Kier molecular flexibility index (Phi) is 4.10. The van der Waals surface area contributed by atoms with Crippen molar-refractivity contribution in [3.8, 4) is 0 Å². The second kappa shape index (κ2) is 5.36. The lowest BCUT2D eigenvalue weighted by Gasteiger charge is -2.03. The summed E-state index contributed by atoms with van der Waals surface area (Å²) in [5.41, 5.74) is 1.83. The molecular formula is C10H13NO3. The fraction of sp³-hybridized carbons (Fsp3) is 0.300. The van der Waals surface area contributed by atoms with E-state index in [4.69, 9.17) is 5.90 Å². The van der Waals surface area contributed by atoms with Crippen LogP contribution in [-0.2, 0) is 27.4 Å². The molecule has 2 N–H and O–H groups in total. The van der Waals surface area contributed by atoms with Gasteiger partial charge < -0.3 is 4.74 Å². The lowest BCUT2D eigenvalue weighted by Crippen LogP contribution is -2.05. The van der Waals surface area contributed by atoms with Crippen molar-refractivity contribution in [2.75, 3.05) is 7.11 Å². The highest BCUT2D eigenvalue weighted by Gasteiger charge is 2.02. The molecule has 1 aromatic rings. The topological polar surface area (TPSA) is 61.5 Å². The van der Waals surface area contributed by atoms with Crippen molar-refractivity contribution in [1.82, 2.24) is 0 Å². The van der Waals surface area contributed by atoms with Gasteiger partial charge in [0.15, 0.2) is 0 Å². The molecule has 0 aliphatic heterocycles. The zero-order valence-corrected chi connectivity index (χ0v) is 8.03. The highest BCUT2D eigenvalue weighted by molar-refractivity contribution is 5.72. The van der Waals surface area contributed by atoms with E-state index >= 15 is 0 Å². The summed E-state index contributed by atoms with van der Waals surface area (Å²) in [6.07, 6.45) is 0.273. The first kappa shape index (κ1) is 10.7. The molecular weight excluding hydrogens is 182 g/mol. The molecule has 76 valence electrons. The SMILES string of the molecule is COC(=O)Cc1cccc(CON)c1. The Labute approximate surface area is 82.6 Å². The fourth-order valence-corrected chi connectivity index (χ4v) is 1.16. The molecule has 0 saturated carbocycles. The molecule has 1 aromatic carbocycles. The lowest BCUT2D eigenvalue weighted by molar-refractivity contribution is -0.139. The Morgan fingerprint density at radius 2 is 2.14 bits per heavy atom. The van der Waals surface area contributed by atoms with E-state index in [0.29, 0.717) is 6.61 Å². The summed E-state index contributed by atoms with van der Waals surface area (Å²) in [4.78, 5) is 15.5. The highest BCUT2D eigenvalue weighted by atomic mass is 16.6. The largest absolute Gasteiger partial charge is 0.469 e. The van der Waals surface area contributed by atoms with Gasteiger partial charge in [-0.05, 0) is 11.1 Å². The number of methoxy groups -OCH3 is 1. The average molecular weight is 195 g/mol. The van der Waals surface area contributed by atoms with Gasteiger partial charge in [0.05, 0.1) is 20.1 Å². The standard InChI is InChI=1S/C10H13NO3/c1-13-10(12)6-8-3-2-4-9(5-8)7-14-11/h2-5H,6-7,11H2,1H3. The van der Waals surface area contributed by atoms with Gasteiger partial charge >= 0.3 is 5.97 Å². The van der Waals surface area contributed by atoms with E-state index in [1.807, 2.05) is 24.3 Å². The molecule has 4 nitrogen and oxygen atoms in total. The van der Waals surface area contributed by atoms with Gasteiger partial charge in [-0.1, -0.05) is 24.3 Å². The molecule has 0 heterocycles. The Hall–Kier alpha value is -1.39. The molecule has 0 amide bonds. The summed E-state index contributed by atoms with van der Waals surface area (Å²) in [7, 11) is 1.37. The van der Waals surface area contributed by atoms with Crippen LogP contribution in [0.5, 0.6) is 0 Å². The number of benzene rings is 1. The predicted molar refractivity (Wildman–Crippen MR) is 51.1 cm³/mol. The van der Waals surface area contributed by atoms with Crippen LogP contribution >= 0.6 is 0 Å². The highest BCUT2D eigenvalue weighted by Crippen LogP contribution is 2.07. The third-order valence-electron chi connectivity index (χ3n) is 1.82. The van der Waals surface area contributed by atoms with Crippen molar-refractivity contribution < 1.29 is 14.4 Å². The second-order valence-corrected chi connectivity index (χ2v) is 2.88. The van der Waals surface area contributed by atoms with Crippen LogP contribution in [0, 0.1) is 0 Å². The van der Waals surface area contributed by atoms with Gasteiger partial charge in [-0.3, -0.25) is 9.63 Å². The minimum absolute atomic E-state index is 0.254. The van der Waals surface area contributed by atoms with E-state index in [2.05, 4.69) is 9.57 Å². The Morgan fingerprint density at radius 3 is 2.79 bits per heavy atom. The van der Waals surface area contributed by atoms with Crippen LogP contribution in [0.2, 0.25) is 0 Å². The van der Waals surface area contributed by atoms with Gasteiger partial charge in [-0.25, -0.2) is 5.90 Å². The number of ether oxygens (including phenoxy) is 1. The van der Waals surface area contributed by atoms with E-state index in [-0.39, 0.29) is 12.4 Å². The first-order chi connectivity index (χ1) is 6.76. The molecule has 1 rings (SSSR count). The van der Waals surface area contributed by atoms with Crippen molar-refractivity contribution in [3.05, 3.63) is 35.4 Å². The van der Waals surface area contributed by atoms with Crippen molar-refractivity contribution >= 4 is 5.97 Å². The molecule has 0 aliphatic carbocycles. The Bertz CT molecular complexity index is 312.